The zero-order valence-electron chi connectivity index (χ0n) is 10.2. The molecule has 2 unspecified atom stereocenters. The second kappa shape index (κ2) is 6.55. The lowest BCUT2D eigenvalue weighted by Gasteiger charge is -2.34. The lowest BCUT2D eigenvalue weighted by Crippen LogP contribution is -2.35. The van der Waals surface area contributed by atoms with E-state index in [2.05, 4.69) is 22.6 Å². The summed E-state index contributed by atoms with van der Waals surface area (Å²) < 4.78 is 12.4. The van der Waals surface area contributed by atoms with E-state index in [4.69, 9.17) is 9.47 Å². The van der Waals surface area contributed by atoms with Crippen LogP contribution in [0, 0.1) is 0 Å². The molecular formula is C13H23IO2. The first kappa shape index (κ1) is 13.1. The second-order valence-electron chi connectivity index (χ2n) is 5.11. The van der Waals surface area contributed by atoms with Crippen molar-refractivity contribution in [3.8, 4) is 0 Å². The van der Waals surface area contributed by atoms with Crippen molar-refractivity contribution in [1.82, 2.24) is 0 Å². The molecule has 2 saturated carbocycles. The van der Waals surface area contributed by atoms with Crippen molar-refractivity contribution in [1.29, 1.82) is 0 Å². The summed E-state index contributed by atoms with van der Waals surface area (Å²) in [5.41, 5.74) is 0. The van der Waals surface area contributed by atoms with E-state index in [1.165, 1.54) is 51.4 Å². The van der Waals surface area contributed by atoms with Crippen LogP contribution in [0.2, 0.25) is 0 Å². The number of rotatable bonds is 3. The molecule has 94 valence electrons. The fraction of sp³-hybridized carbons (Fsp3) is 1.00. The molecule has 2 nitrogen and oxygen atoms in total. The number of halogens is 1. The fourth-order valence-corrected chi connectivity index (χ4v) is 3.83. The Balaban J connectivity index is 1.73. The molecule has 2 atom stereocenters. The summed E-state index contributed by atoms with van der Waals surface area (Å²) >= 11 is 2.58. The van der Waals surface area contributed by atoms with Gasteiger partial charge in [0.05, 0.1) is 18.3 Å². The van der Waals surface area contributed by atoms with Crippen molar-refractivity contribution < 1.29 is 9.47 Å². The van der Waals surface area contributed by atoms with Crippen molar-refractivity contribution in [2.24, 2.45) is 0 Å². The summed E-state index contributed by atoms with van der Waals surface area (Å²) in [6, 6.07) is 0. The molecule has 0 N–H and O–H groups in total. The molecule has 0 radical (unpaired) electrons. The Morgan fingerprint density at radius 2 is 1.50 bits per heavy atom. The molecule has 0 aromatic carbocycles. The lowest BCUT2D eigenvalue weighted by atomic mass is 9.93. The zero-order valence-corrected chi connectivity index (χ0v) is 12.3. The lowest BCUT2D eigenvalue weighted by molar-refractivity contribution is -0.0611. The Hall–Kier alpha value is 0.650. The molecule has 0 aromatic heterocycles. The van der Waals surface area contributed by atoms with E-state index in [1.807, 2.05) is 7.11 Å². The van der Waals surface area contributed by atoms with Crippen molar-refractivity contribution in [3.63, 3.8) is 0 Å². The predicted molar refractivity (Wildman–Crippen MR) is 74.2 cm³/mol. The highest BCUT2D eigenvalue weighted by molar-refractivity contribution is 14.1. The first-order chi connectivity index (χ1) is 7.79. The van der Waals surface area contributed by atoms with Crippen LogP contribution in [0.3, 0.4) is 0 Å². The van der Waals surface area contributed by atoms with Crippen LogP contribution in [0.5, 0.6) is 0 Å². The van der Waals surface area contributed by atoms with Crippen molar-refractivity contribution in [2.45, 2.75) is 73.6 Å². The Kier molecular flexibility index (Phi) is 5.36. The molecule has 2 aliphatic carbocycles. The van der Waals surface area contributed by atoms with E-state index in [0.29, 0.717) is 18.3 Å². The van der Waals surface area contributed by atoms with Gasteiger partial charge in [-0.2, -0.15) is 0 Å². The Morgan fingerprint density at radius 3 is 2.12 bits per heavy atom. The van der Waals surface area contributed by atoms with Gasteiger partial charge in [-0.1, -0.05) is 35.4 Å². The molecule has 0 saturated heterocycles. The van der Waals surface area contributed by atoms with Crippen LogP contribution in [0.4, 0.5) is 0 Å². The minimum atomic E-state index is 0.488. The van der Waals surface area contributed by atoms with Crippen LogP contribution in [-0.2, 0) is 9.47 Å². The van der Waals surface area contributed by atoms with Gasteiger partial charge in [-0.05, 0) is 38.5 Å². The largest absolute Gasteiger partial charge is 0.381 e. The first-order valence-corrected chi connectivity index (χ1v) is 7.86. The number of alkyl halides is 1. The number of ether oxygens (including phenoxy) is 2. The van der Waals surface area contributed by atoms with E-state index >= 15 is 0 Å². The summed E-state index contributed by atoms with van der Waals surface area (Å²) in [6.07, 6.45) is 11.6. The topological polar surface area (TPSA) is 18.5 Å². The van der Waals surface area contributed by atoms with Gasteiger partial charge in [0.2, 0.25) is 0 Å². The molecule has 2 fully saturated rings. The van der Waals surface area contributed by atoms with Gasteiger partial charge >= 0.3 is 0 Å². The Bertz CT molecular complexity index is 202. The average molecular weight is 338 g/mol. The van der Waals surface area contributed by atoms with Crippen molar-refractivity contribution in [3.05, 3.63) is 0 Å². The van der Waals surface area contributed by atoms with Gasteiger partial charge in [0.15, 0.2) is 0 Å². The molecule has 2 aliphatic rings. The van der Waals surface area contributed by atoms with Gasteiger partial charge in [0.1, 0.15) is 0 Å². The van der Waals surface area contributed by atoms with Crippen LogP contribution in [0.25, 0.3) is 0 Å². The average Bonchev–Trinajstić information content (AvgIpc) is 2.33. The quantitative estimate of drug-likeness (QED) is 0.577. The Labute approximate surface area is 113 Å². The van der Waals surface area contributed by atoms with Crippen LogP contribution in [0.1, 0.15) is 51.4 Å². The maximum absolute atomic E-state index is 6.27. The maximum atomic E-state index is 6.27. The zero-order chi connectivity index (χ0) is 11.4. The molecular weight excluding hydrogens is 315 g/mol. The predicted octanol–water partition coefficient (Wildman–Crippen LogP) is 3.71. The van der Waals surface area contributed by atoms with E-state index in [0.717, 1.165) is 3.92 Å². The van der Waals surface area contributed by atoms with Gasteiger partial charge in [0, 0.05) is 11.0 Å². The second-order valence-corrected chi connectivity index (χ2v) is 6.71. The smallest absolute Gasteiger partial charge is 0.0696 e. The van der Waals surface area contributed by atoms with E-state index in [1.54, 1.807) is 0 Å². The normalized spacial score (nSPS) is 40.9. The highest BCUT2D eigenvalue weighted by Gasteiger charge is 2.28. The maximum Gasteiger partial charge on any atom is 0.0696 e. The number of hydrogen-bond acceptors (Lipinski definition) is 2. The molecule has 0 aliphatic heterocycles. The molecule has 0 bridgehead atoms. The highest BCUT2D eigenvalue weighted by atomic mass is 127. The summed E-state index contributed by atoms with van der Waals surface area (Å²) in [6.45, 7) is 0. The fourth-order valence-electron chi connectivity index (χ4n) is 2.86. The third-order valence-electron chi connectivity index (χ3n) is 3.94. The minimum absolute atomic E-state index is 0.488. The number of hydrogen-bond donors (Lipinski definition) is 0. The van der Waals surface area contributed by atoms with Crippen LogP contribution in [-0.4, -0.2) is 29.3 Å². The van der Waals surface area contributed by atoms with E-state index in [-0.39, 0.29) is 0 Å². The van der Waals surface area contributed by atoms with Gasteiger partial charge in [-0.25, -0.2) is 0 Å². The molecule has 3 heteroatoms. The monoisotopic (exact) mass is 338 g/mol. The number of methoxy groups -OCH3 is 1. The van der Waals surface area contributed by atoms with Gasteiger partial charge in [-0.15, -0.1) is 0 Å². The molecule has 0 aromatic rings. The van der Waals surface area contributed by atoms with Crippen LogP contribution in [0.15, 0.2) is 0 Å². The Morgan fingerprint density at radius 1 is 0.875 bits per heavy atom. The van der Waals surface area contributed by atoms with E-state index < -0.39 is 0 Å². The summed E-state index contributed by atoms with van der Waals surface area (Å²) in [7, 11) is 1.83. The standard InChI is InChI=1S/C13H23IO2/c1-15-10-6-8-11(9-7-10)16-13-5-3-2-4-12(13)14/h10-13H,2-9H2,1H3. The van der Waals surface area contributed by atoms with E-state index in [9.17, 15) is 0 Å². The third-order valence-corrected chi connectivity index (χ3v) is 5.37. The van der Waals surface area contributed by atoms with Gasteiger partial charge in [0.25, 0.3) is 0 Å². The molecule has 0 heterocycles. The minimum Gasteiger partial charge on any atom is -0.381 e. The molecule has 0 amide bonds. The van der Waals surface area contributed by atoms with Gasteiger partial charge < -0.3 is 9.47 Å². The summed E-state index contributed by atoms with van der Waals surface area (Å²) in [5, 5.41) is 0. The summed E-state index contributed by atoms with van der Waals surface area (Å²) in [4.78, 5) is 0. The highest BCUT2D eigenvalue weighted by Crippen LogP contribution is 2.31. The molecule has 16 heavy (non-hydrogen) atoms. The van der Waals surface area contributed by atoms with Crippen LogP contribution >= 0.6 is 22.6 Å². The third kappa shape index (κ3) is 3.57. The SMILES string of the molecule is COC1CCC(OC2CCCCC2I)CC1. The van der Waals surface area contributed by atoms with Crippen LogP contribution < -0.4 is 0 Å². The van der Waals surface area contributed by atoms with Crippen molar-refractivity contribution >= 4 is 22.6 Å². The van der Waals surface area contributed by atoms with Crippen molar-refractivity contribution in [2.75, 3.05) is 7.11 Å². The summed E-state index contributed by atoms with van der Waals surface area (Å²) in [5.74, 6) is 0. The van der Waals surface area contributed by atoms with Gasteiger partial charge in [-0.3, -0.25) is 0 Å². The molecule has 2 rings (SSSR count). The first-order valence-electron chi connectivity index (χ1n) is 6.62. The molecule has 0 spiro atoms.